The van der Waals surface area contributed by atoms with Crippen molar-refractivity contribution < 1.29 is 4.79 Å². The van der Waals surface area contributed by atoms with E-state index in [1.165, 1.54) is 19.5 Å². The molecule has 1 N–H and O–H groups in total. The van der Waals surface area contributed by atoms with Crippen molar-refractivity contribution in [3.8, 4) is 0 Å². The number of nitrogens with one attached hydrogen (secondary N) is 1. The van der Waals surface area contributed by atoms with E-state index >= 15 is 0 Å². The Morgan fingerprint density at radius 3 is 3.10 bits per heavy atom. The van der Waals surface area contributed by atoms with Crippen molar-refractivity contribution >= 4 is 23.2 Å². The molecule has 2 saturated heterocycles. The zero-order valence-electron chi connectivity index (χ0n) is 11.6. The fourth-order valence-corrected chi connectivity index (χ4v) is 3.72. The van der Waals surface area contributed by atoms with Crippen molar-refractivity contribution in [2.45, 2.75) is 18.9 Å². The monoisotopic (exact) mass is 304 g/mol. The van der Waals surface area contributed by atoms with Gasteiger partial charge >= 0.3 is 0 Å². The number of hydrogen-bond acceptors (Lipinski definition) is 3. The van der Waals surface area contributed by atoms with Gasteiger partial charge in [-0.3, -0.25) is 4.79 Å². The Morgan fingerprint density at radius 1 is 1.33 bits per heavy atom. The SMILES string of the molecule is O=C(NC1CC2CCN(C2)C1)c1ccc2nc(Cl)cn2c1. The molecule has 4 rings (SSSR count). The van der Waals surface area contributed by atoms with Crippen LogP contribution in [0.5, 0.6) is 0 Å². The summed E-state index contributed by atoms with van der Waals surface area (Å²) in [4.78, 5) is 19.0. The Bertz CT molecular complexity index is 686. The number of halogens is 1. The number of aromatic nitrogens is 2. The predicted octanol–water partition coefficient (Wildman–Crippen LogP) is 1.81. The van der Waals surface area contributed by atoms with Gasteiger partial charge in [-0.25, -0.2) is 4.98 Å². The average molecular weight is 305 g/mol. The van der Waals surface area contributed by atoms with E-state index in [-0.39, 0.29) is 11.9 Å². The molecule has 3 unspecified atom stereocenters. The van der Waals surface area contributed by atoms with E-state index in [4.69, 9.17) is 11.6 Å². The summed E-state index contributed by atoms with van der Waals surface area (Å²) in [7, 11) is 0. The van der Waals surface area contributed by atoms with E-state index < -0.39 is 0 Å². The van der Waals surface area contributed by atoms with Crippen LogP contribution in [-0.2, 0) is 0 Å². The minimum absolute atomic E-state index is 0.0192. The van der Waals surface area contributed by atoms with Gasteiger partial charge in [-0.15, -0.1) is 0 Å². The maximum absolute atomic E-state index is 12.4. The Labute approximate surface area is 127 Å². The summed E-state index contributed by atoms with van der Waals surface area (Å²) in [5.41, 5.74) is 1.39. The lowest BCUT2D eigenvalue weighted by Crippen LogP contribution is -2.47. The molecular formula is C15H17ClN4O. The maximum Gasteiger partial charge on any atom is 0.253 e. The van der Waals surface area contributed by atoms with Crippen molar-refractivity contribution in [3.05, 3.63) is 35.2 Å². The normalized spacial score (nSPS) is 28.0. The van der Waals surface area contributed by atoms with Crippen molar-refractivity contribution in [1.82, 2.24) is 19.6 Å². The molecule has 4 heterocycles. The molecule has 21 heavy (non-hydrogen) atoms. The standard InChI is InChI=1S/C15H17ClN4O/c16-13-9-20-7-11(1-2-14(20)18-13)15(21)17-12-5-10-3-4-19(6-10)8-12/h1-2,7,9-10,12H,3-6,8H2,(H,17,21). The molecule has 2 bridgehead atoms. The Balaban J connectivity index is 1.50. The van der Waals surface area contributed by atoms with Crippen LogP contribution < -0.4 is 5.32 Å². The fourth-order valence-electron chi connectivity index (χ4n) is 3.53. The fraction of sp³-hybridized carbons (Fsp3) is 0.467. The number of carbonyl (C=O) groups is 1. The average Bonchev–Trinajstić information content (AvgIpc) is 2.99. The van der Waals surface area contributed by atoms with Gasteiger partial charge in [0, 0.05) is 31.5 Å². The third-order valence-electron chi connectivity index (χ3n) is 4.49. The molecule has 2 aromatic rings. The highest BCUT2D eigenvalue weighted by atomic mass is 35.5. The summed E-state index contributed by atoms with van der Waals surface area (Å²) in [6, 6.07) is 3.88. The van der Waals surface area contributed by atoms with E-state index in [2.05, 4.69) is 15.2 Å². The van der Waals surface area contributed by atoms with Crippen LogP contribution in [0.4, 0.5) is 0 Å². The largest absolute Gasteiger partial charge is 0.348 e. The minimum Gasteiger partial charge on any atom is -0.348 e. The molecule has 6 heteroatoms. The number of nitrogens with zero attached hydrogens (tertiary/aromatic N) is 3. The summed E-state index contributed by atoms with van der Waals surface area (Å²) in [6.07, 6.45) is 5.86. The van der Waals surface area contributed by atoms with Crippen LogP contribution in [0.1, 0.15) is 23.2 Å². The molecule has 2 aliphatic heterocycles. The zero-order valence-corrected chi connectivity index (χ0v) is 12.4. The van der Waals surface area contributed by atoms with E-state index in [0.29, 0.717) is 10.7 Å². The minimum atomic E-state index is -0.0192. The molecule has 0 saturated carbocycles. The molecular weight excluding hydrogens is 288 g/mol. The molecule has 2 aliphatic rings. The number of amides is 1. The summed E-state index contributed by atoms with van der Waals surface area (Å²) in [5.74, 6) is 0.730. The summed E-state index contributed by atoms with van der Waals surface area (Å²) in [5, 5.41) is 3.59. The maximum atomic E-state index is 12.4. The Morgan fingerprint density at radius 2 is 2.24 bits per heavy atom. The lowest BCUT2D eigenvalue weighted by molar-refractivity contribution is 0.0909. The van der Waals surface area contributed by atoms with Crippen LogP contribution >= 0.6 is 11.6 Å². The van der Waals surface area contributed by atoms with Gasteiger partial charge in [-0.05, 0) is 37.4 Å². The van der Waals surface area contributed by atoms with Crippen LogP contribution in [0.15, 0.2) is 24.5 Å². The second-order valence-corrected chi connectivity index (χ2v) is 6.45. The van der Waals surface area contributed by atoms with E-state index in [1.807, 2.05) is 6.07 Å². The van der Waals surface area contributed by atoms with Crippen LogP contribution in [-0.4, -0.2) is 45.9 Å². The zero-order chi connectivity index (χ0) is 14.4. The van der Waals surface area contributed by atoms with E-state index in [0.717, 1.165) is 24.5 Å². The van der Waals surface area contributed by atoms with Crippen molar-refractivity contribution in [3.63, 3.8) is 0 Å². The first-order valence-electron chi connectivity index (χ1n) is 7.35. The third kappa shape index (κ3) is 2.51. The Hall–Kier alpha value is -1.59. The second-order valence-electron chi connectivity index (χ2n) is 6.07. The van der Waals surface area contributed by atoms with Gasteiger partial charge in [0.2, 0.25) is 0 Å². The molecule has 110 valence electrons. The highest BCUT2D eigenvalue weighted by Crippen LogP contribution is 2.26. The highest BCUT2D eigenvalue weighted by molar-refractivity contribution is 6.29. The molecule has 1 amide bonds. The number of hydrogen-bond donors (Lipinski definition) is 1. The number of carbonyl (C=O) groups excluding carboxylic acids is 1. The molecule has 2 fully saturated rings. The second kappa shape index (κ2) is 5.00. The highest BCUT2D eigenvalue weighted by Gasteiger charge is 2.32. The quantitative estimate of drug-likeness (QED) is 0.920. The van der Waals surface area contributed by atoms with Gasteiger partial charge in [0.25, 0.3) is 5.91 Å². The Kier molecular flexibility index (Phi) is 3.12. The van der Waals surface area contributed by atoms with Gasteiger partial charge in [-0.1, -0.05) is 11.6 Å². The van der Waals surface area contributed by atoms with Gasteiger partial charge in [0.15, 0.2) is 0 Å². The first-order chi connectivity index (χ1) is 10.2. The molecule has 0 spiro atoms. The lowest BCUT2D eigenvalue weighted by Gasteiger charge is -2.30. The topological polar surface area (TPSA) is 49.6 Å². The van der Waals surface area contributed by atoms with Gasteiger partial charge in [0.05, 0.1) is 5.56 Å². The molecule has 3 atom stereocenters. The number of imidazole rings is 1. The van der Waals surface area contributed by atoms with Crippen molar-refractivity contribution in [2.75, 3.05) is 19.6 Å². The van der Waals surface area contributed by atoms with Crippen LogP contribution in [0, 0.1) is 5.92 Å². The van der Waals surface area contributed by atoms with Crippen LogP contribution in [0.25, 0.3) is 5.65 Å². The van der Waals surface area contributed by atoms with Gasteiger partial charge in [0.1, 0.15) is 10.8 Å². The third-order valence-corrected chi connectivity index (χ3v) is 4.67. The number of fused-ring (bicyclic) bond motifs is 3. The molecule has 0 aliphatic carbocycles. The molecule has 0 aromatic carbocycles. The predicted molar refractivity (Wildman–Crippen MR) is 80.6 cm³/mol. The van der Waals surface area contributed by atoms with Gasteiger partial charge in [-0.2, -0.15) is 0 Å². The van der Waals surface area contributed by atoms with E-state index in [1.54, 1.807) is 22.9 Å². The number of pyridine rings is 1. The summed E-state index contributed by atoms with van der Waals surface area (Å²) in [6.45, 7) is 3.35. The molecule has 5 nitrogen and oxygen atoms in total. The van der Waals surface area contributed by atoms with E-state index in [9.17, 15) is 4.79 Å². The van der Waals surface area contributed by atoms with Crippen LogP contribution in [0.3, 0.4) is 0 Å². The summed E-state index contributed by atoms with van der Waals surface area (Å²) < 4.78 is 1.78. The van der Waals surface area contributed by atoms with Crippen LogP contribution in [0.2, 0.25) is 5.15 Å². The number of rotatable bonds is 2. The summed E-state index contributed by atoms with van der Waals surface area (Å²) >= 11 is 5.87. The number of piperidine rings is 1. The molecule has 0 radical (unpaired) electrons. The molecule has 2 aromatic heterocycles. The van der Waals surface area contributed by atoms with Gasteiger partial charge < -0.3 is 14.6 Å². The first kappa shape index (κ1) is 13.1. The smallest absolute Gasteiger partial charge is 0.253 e. The van der Waals surface area contributed by atoms with Crippen molar-refractivity contribution in [2.24, 2.45) is 5.92 Å². The van der Waals surface area contributed by atoms with Crippen molar-refractivity contribution in [1.29, 1.82) is 0 Å². The first-order valence-corrected chi connectivity index (χ1v) is 7.72. The lowest BCUT2D eigenvalue weighted by atomic mass is 9.96.